The van der Waals surface area contributed by atoms with Crippen LogP contribution in [0.25, 0.3) is 0 Å². The Kier molecular flexibility index (Phi) is 3.08. The van der Waals surface area contributed by atoms with Crippen LogP contribution in [0.15, 0.2) is 0 Å². The van der Waals surface area contributed by atoms with Crippen LogP contribution < -0.4 is 5.90 Å². The third kappa shape index (κ3) is 2.18. The predicted octanol–water partition coefficient (Wildman–Crippen LogP) is 0.489. The molecule has 0 aliphatic rings. The van der Waals surface area contributed by atoms with Gasteiger partial charge in [-0.15, -0.1) is 0 Å². The summed E-state index contributed by atoms with van der Waals surface area (Å²) >= 11 is 0. The van der Waals surface area contributed by atoms with Crippen molar-refractivity contribution in [2.75, 3.05) is 0 Å². The van der Waals surface area contributed by atoms with E-state index in [1.807, 2.05) is 6.92 Å². The Bertz CT molecular complexity index is 26.7. The lowest BCUT2D eigenvalue weighted by Crippen LogP contribution is -2.10. The van der Waals surface area contributed by atoms with Gasteiger partial charge in [-0.1, -0.05) is 6.92 Å². The van der Waals surface area contributed by atoms with E-state index >= 15 is 0 Å². The van der Waals surface area contributed by atoms with Gasteiger partial charge in [0, 0.05) is 0 Å². The Hall–Kier alpha value is -0.0800. The third-order valence-corrected chi connectivity index (χ3v) is 0.639. The predicted molar refractivity (Wildman–Crippen MR) is 24.7 cm³/mol. The zero-order valence-corrected chi connectivity index (χ0v) is 3.98. The van der Waals surface area contributed by atoms with Gasteiger partial charge < -0.3 is 4.84 Å². The Morgan fingerprint density at radius 2 is 2.50 bits per heavy atom. The Morgan fingerprint density at radius 1 is 2.00 bits per heavy atom. The first kappa shape index (κ1) is 5.92. The zero-order chi connectivity index (χ0) is 4.99. The Morgan fingerprint density at radius 3 is 2.50 bits per heavy atom. The van der Waals surface area contributed by atoms with Crippen LogP contribution in [-0.4, -0.2) is 6.10 Å². The van der Waals surface area contributed by atoms with E-state index in [2.05, 4.69) is 11.8 Å². The minimum atomic E-state index is 0.102. The van der Waals surface area contributed by atoms with Gasteiger partial charge in [0.15, 0.2) is 0 Å². The summed E-state index contributed by atoms with van der Waals surface area (Å²) in [5, 5.41) is 0. The zero-order valence-electron chi connectivity index (χ0n) is 3.98. The third-order valence-electron chi connectivity index (χ3n) is 0.639. The highest BCUT2D eigenvalue weighted by molar-refractivity contribution is 4.46. The average Bonchev–Trinajstić information content (AvgIpc) is 1.65. The molecule has 1 radical (unpaired) electrons. The van der Waals surface area contributed by atoms with Crippen molar-refractivity contribution in [1.29, 1.82) is 0 Å². The summed E-state index contributed by atoms with van der Waals surface area (Å²) in [6.07, 6.45) is 0.834. The fraction of sp³-hybridized carbons (Fsp3) is 0.750. The van der Waals surface area contributed by atoms with Gasteiger partial charge in [-0.05, 0) is 13.3 Å². The molecule has 0 aromatic carbocycles. The van der Waals surface area contributed by atoms with Gasteiger partial charge in [-0.2, -0.15) is 0 Å². The molecule has 0 aromatic rings. The van der Waals surface area contributed by atoms with Crippen molar-refractivity contribution in [3.05, 3.63) is 6.92 Å². The van der Waals surface area contributed by atoms with Crippen LogP contribution in [0, 0.1) is 6.92 Å². The molecule has 0 bridgehead atoms. The van der Waals surface area contributed by atoms with Crippen molar-refractivity contribution in [2.45, 2.75) is 19.4 Å². The lowest BCUT2D eigenvalue weighted by molar-refractivity contribution is 0.0685. The molecule has 0 amide bonds. The van der Waals surface area contributed by atoms with Crippen LogP contribution in [0.4, 0.5) is 0 Å². The Labute approximate surface area is 38.2 Å². The van der Waals surface area contributed by atoms with E-state index < -0.39 is 0 Å². The van der Waals surface area contributed by atoms with Crippen molar-refractivity contribution in [3.63, 3.8) is 0 Å². The largest absolute Gasteiger partial charge is 0.302 e. The smallest absolute Gasteiger partial charge is 0.0759 e. The van der Waals surface area contributed by atoms with E-state index in [0.717, 1.165) is 6.42 Å². The molecule has 0 rings (SSSR count). The molecule has 0 spiro atoms. The van der Waals surface area contributed by atoms with Crippen molar-refractivity contribution in [3.8, 4) is 0 Å². The lowest BCUT2D eigenvalue weighted by atomic mass is 10.3. The summed E-state index contributed by atoms with van der Waals surface area (Å²) in [5.41, 5.74) is 0. The molecule has 0 aliphatic carbocycles. The summed E-state index contributed by atoms with van der Waals surface area (Å²) < 4.78 is 0. The van der Waals surface area contributed by atoms with Gasteiger partial charge in [0.2, 0.25) is 0 Å². The minimum Gasteiger partial charge on any atom is -0.302 e. The summed E-state index contributed by atoms with van der Waals surface area (Å²) in [7, 11) is 0. The lowest BCUT2D eigenvalue weighted by Gasteiger charge is -2.00. The second-order valence-corrected chi connectivity index (χ2v) is 1.24. The monoisotopic (exact) mass is 88.1 g/mol. The van der Waals surface area contributed by atoms with Crippen LogP contribution >= 0.6 is 0 Å². The van der Waals surface area contributed by atoms with Crippen molar-refractivity contribution >= 4 is 0 Å². The highest BCUT2D eigenvalue weighted by Crippen LogP contribution is 1.87. The molecule has 37 valence electrons. The molecule has 0 saturated heterocycles. The van der Waals surface area contributed by atoms with Crippen molar-refractivity contribution in [2.24, 2.45) is 5.90 Å². The molecule has 0 aromatic heterocycles. The molecule has 2 heteroatoms. The quantitative estimate of drug-likeness (QED) is 0.498. The molecular weight excluding hydrogens is 78.0 g/mol. The maximum Gasteiger partial charge on any atom is 0.0759 e. The van der Waals surface area contributed by atoms with E-state index in [4.69, 9.17) is 5.90 Å². The van der Waals surface area contributed by atoms with Crippen molar-refractivity contribution < 1.29 is 4.84 Å². The first-order valence-electron chi connectivity index (χ1n) is 1.96. The van der Waals surface area contributed by atoms with Gasteiger partial charge in [0.1, 0.15) is 0 Å². The second-order valence-electron chi connectivity index (χ2n) is 1.24. The van der Waals surface area contributed by atoms with Gasteiger partial charge in [-0.25, -0.2) is 5.90 Å². The molecule has 6 heavy (non-hydrogen) atoms. The SMILES string of the molecule is [CH2]CC(C)ON. The first-order valence-corrected chi connectivity index (χ1v) is 1.96. The fourth-order valence-electron chi connectivity index (χ4n) is 0.0680. The normalized spacial score (nSPS) is 14.5. The number of hydrogen-bond acceptors (Lipinski definition) is 2. The number of rotatable bonds is 2. The molecule has 1 atom stereocenters. The number of hydrogen-bond donors (Lipinski definition) is 1. The molecule has 1 unspecified atom stereocenters. The maximum atomic E-state index is 4.74. The van der Waals surface area contributed by atoms with Crippen LogP contribution in [0.1, 0.15) is 13.3 Å². The average molecular weight is 88.1 g/mol. The summed E-state index contributed by atoms with van der Waals surface area (Å²) in [5.74, 6) is 4.74. The molecule has 0 saturated carbocycles. The van der Waals surface area contributed by atoms with Crippen LogP contribution in [0.5, 0.6) is 0 Å². The molecule has 2 N–H and O–H groups in total. The highest BCUT2D eigenvalue weighted by atomic mass is 16.6. The topological polar surface area (TPSA) is 35.2 Å². The van der Waals surface area contributed by atoms with Gasteiger partial charge in [0.25, 0.3) is 0 Å². The van der Waals surface area contributed by atoms with E-state index in [1.165, 1.54) is 0 Å². The first-order chi connectivity index (χ1) is 2.81. The molecule has 0 heterocycles. The van der Waals surface area contributed by atoms with E-state index in [1.54, 1.807) is 0 Å². The minimum absolute atomic E-state index is 0.102. The van der Waals surface area contributed by atoms with Crippen LogP contribution in [-0.2, 0) is 4.84 Å². The van der Waals surface area contributed by atoms with Gasteiger partial charge in [0.05, 0.1) is 6.10 Å². The van der Waals surface area contributed by atoms with Crippen LogP contribution in [0.3, 0.4) is 0 Å². The van der Waals surface area contributed by atoms with E-state index in [9.17, 15) is 0 Å². The highest BCUT2D eigenvalue weighted by Gasteiger charge is 1.89. The molecular formula is C4H10NO. The summed E-state index contributed by atoms with van der Waals surface area (Å²) in [4.78, 5) is 4.34. The standard InChI is InChI=1S/C4H10NO/c1-3-4(2)6-5/h4H,1,3,5H2,2H3. The Balaban J connectivity index is 2.75. The molecule has 0 aliphatic heterocycles. The molecule has 2 nitrogen and oxygen atoms in total. The van der Waals surface area contributed by atoms with E-state index in [-0.39, 0.29) is 6.10 Å². The second kappa shape index (κ2) is 3.12. The maximum absolute atomic E-state index is 4.74. The van der Waals surface area contributed by atoms with Gasteiger partial charge >= 0.3 is 0 Å². The fourth-order valence-corrected chi connectivity index (χ4v) is 0.0680. The van der Waals surface area contributed by atoms with Crippen LogP contribution in [0.2, 0.25) is 0 Å². The van der Waals surface area contributed by atoms with Crippen molar-refractivity contribution in [1.82, 2.24) is 0 Å². The number of nitrogens with two attached hydrogens (primary N) is 1. The summed E-state index contributed by atoms with van der Waals surface area (Å²) in [6, 6.07) is 0. The van der Waals surface area contributed by atoms with Gasteiger partial charge in [-0.3, -0.25) is 0 Å². The molecule has 0 fully saturated rings. The summed E-state index contributed by atoms with van der Waals surface area (Å²) in [6.45, 7) is 5.42. The van der Waals surface area contributed by atoms with E-state index in [0.29, 0.717) is 0 Å².